The molecule has 6 aliphatic carbocycles. The number of ether oxygens (including phenoxy) is 3. The lowest BCUT2D eigenvalue weighted by atomic mass is 9.55. The molecular formula is C44H62O9S. The zero-order chi connectivity index (χ0) is 38.4. The molecule has 6 aliphatic rings. The Hall–Kier alpha value is -2.82. The minimum absolute atomic E-state index is 0.0121. The van der Waals surface area contributed by atoms with E-state index in [0.29, 0.717) is 66.8 Å². The average Bonchev–Trinajstić information content (AvgIpc) is 3.64. The Bertz CT molecular complexity index is 1600. The van der Waals surface area contributed by atoms with Crippen molar-refractivity contribution in [2.75, 3.05) is 19.8 Å². The van der Waals surface area contributed by atoms with E-state index >= 15 is 0 Å². The van der Waals surface area contributed by atoms with Crippen LogP contribution in [0.5, 0.6) is 23.0 Å². The highest BCUT2D eigenvalue weighted by atomic mass is 32.2. The fraction of sp³-hybridized carbons (Fsp3) is 0.705. The second-order valence-corrected chi connectivity index (χ2v) is 18.1. The first-order valence-electron chi connectivity index (χ1n) is 20.8. The molecule has 0 radical (unpaired) electrons. The maximum absolute atomic E-state index is 13.7. The van der Waals surface area contributed by atoms with E-state index in [1.54, 1.807) is 6.92 Å². The van der Waals surface area contributed by atoms with Gasteiger partial charge in [-0.3, -0.25) is 13.2 Å². The summed E-state index contributed by atoms with van der Waals surface area (Å²) < 4.78 is 42.6. The number of rotatable bonds is 9. The van der Waals surface area contributed by atoms with E-state index in [4.69, 9.17) is 17.8 Å². The lowest BCUT2D eigenvalue weighted by Gasteiger charge is -2.51. The summed E-state index contributed by atoms with van der Waals surface area (Å²) in [7, 11) is 0. The topological polar surface area (TPSA) is 121 Å². The zero-order valence-corrected chi connectivity index (χ0v) is 34.0. The van der Waals surface area contributed by atoms with E-state index in [2.05, 4.69) is 30.7 Å². The Balaban J connectivity index is 0.000000695. The van der Waals surface area contributed by atoms with Crippen LogP contribution in [0.2, 0.25) is 0 Å². The number of phenolic OH excluding ortho intramolecular Hbond substituents is 2. The highest BCUT2D eigenvalue weighted by Gasteiger charge is 2.58. The van der Waals surface area contributed by atoms with Crippen LogP contribution in [0.1, 0.15) is 140 Å². The van der Waals surface area contributed by atoms with Gasteiger partial charge < -0.3 is 24.4 Å². The average molecular weight is 767 g/mol. The Morgan fingerprint density at radius 1 is 0.685 bits per heavy atom. The zero-order valence-electron chi connectivity index (χ0n) is 33.2. The van der Waals surface area contributed by atoms with Crippen molar-refractivity contribution in [1.29, 1.82) is 0 Å². The summed E-state index contributed by atoms with van der Waals surface area (Å²) in [6, 6.07) is 8.08. The monoisotopic (exact) mass is 766 g/mol. The van der Waals surface area contributed by atoms with E-state index in [9.17, 15) is 19.2 Å². The van der Waals surface area contributed by atoms with Gasteiger partial charge in [0.15, 0.2) is 23.0 Å². The van der Waals surface area contributed by atoms with Crippen LogP contribution in [0.3, 0.4) is 0 Å². The fourth-order valence-corrected chi connectivity index (χ4v) is 13.4. The number of carbonyl (C=O) groups is 1. The number of phenols is 2. The first-order chi connectivity index (χ1) is 25.9. The highest BCUT2D eigenvalue weighted by molar-refractivity contribution is 7.75. The molecule has 2 aromatic carbocycles. The largest absolute Gasteiger partial charge is 0.504 e. The molecule has 4 saturated carbocycles. The third-order valence-electron chi connectivity index (χ3n) is 14.8. The van der Waals surface area contributed by atoms with Crippen LogP contribution in [0.25, 0.3) is 0 Å². The Kier molecular flexibility index (Phi) is 11.7. The number of benzene rings is 2. The Labute approximate surface area is 324 Å². The third-order valence-corrected chi connectivity index (χ3v) is 15.6. The smallest absolute Gasteiger partial charge is 0.305 e. The van der Waals surface area contributed by atoms with Gasteiger partial charge in [-0.05, 0) is 191 Å². The molecule has 0 aromatic heterocycles. The lowest BCUT2D eigenvalue weighted by Crippen LogP contribution is -2.46. The molecule has 0 bridgehead atoms. The van der Waals surface area contributed by atoms with Crippen molar-refractivity contribution >= 4 is 17.3 Å². The van der Waals surface area contributed by atoms with Crippen molar-refractivity contribution in [1.82, 2.24) is 0 Å². The van der Waals surface area contributed by atoms with Gasteiger partial charge in [0.2, 0.25) is 0 Å². The van der Waals surface area contributed by atoms with Gasteiger partial charge in [-0.1, -0.05) is 13.8 Å². The summed E-state index contributed by atoms with van der Waals surface area (Å²) in [6.07, 6.45) is 12.4. The minimum atomic E-state index is -1.78. The maximum Gasteiger partial charge on any atom is 0.305 e. The summed E-state index contributed by atoms with van der Waals surface area (Å²) in [4.78, 5) is 9.82. The molecule has 0 spiro atoms. The van der Waals surface area contributed by atoms with Crippen LogP contribution >= 0.6 is 0 Å². The molecule has 298 valence electrons. The van der Waals surface area contributed by atoms with E-state index in [-0.39, 0.29) is 40.5 Å². The van der Waals surface area contributed by atoms with Crippen molar-refractivity contribution in [2.24, 2.45) is 34.5 Å². The van der Waals surface area contributed by atoms with Gasteiger partial charge in [-0.15, -0.1) is 0 Å². The van der Waals surface area contributed by atoms with Crippen LogP contribution in [0.15, 0.2) is 24.3 Å². The quantitative estimate of drug-likeness (QED) is 0.241. The molecule has 0 aliphatic heterocycles. The molecule has 2 unspecified atom stereocenters. The van der Waals surface area contributed by atoms with Crippen LogP contribution < -0.4 is 9.47 Å². The molecule has 10 heteroatoms. The highest BCUT2D eigenvalue weighted by Crippen LogP contribution is 2.64. The Morgan fingerprint density at radius 2 is 1.13 bits per heavy atom. The van der Waals surface area contributed by atoms with Gasteiger partial charge in [-0.25, -0.2) is 0 Å². The summed E-state index contributed by atoms with van der Waals surface area (Å²) >= 11 is -1.78. The molecule has 0 amide bonds. The maximum atomic E-state index is 13.7. The van der Waals surface area contributed by atoms with E-state index in [1.807, 2.05) is 26.0 Å². The van der Waals surface area contributed by atoms with Gasteiger partial charge in [0.25, 0.3) is 0 Å². The van der Waals surface area contributed by atoms with Gasteiger partial charge in [0.1, 0.15) is 0 Å². The third kappa shape index (κ3) is 7.17. The molecule has 4 fully saturated rings. The predicted molar refractivity (Wildman–Crippen MR) is 208 cm³/mol. The van der Waals surface area contributed by atoms with Crippen molar-refractivity contribution < 1.29 is 41.8 Å². The van der Waals surface area contributed by atoms with Crippen LogP contribution in [-0.2, 0) is 42.1 Å². The molecular weight excluding hydrogens is 705 g/mol. The van der Waals surface area contributed by atoms with Crippen molar-refractivity contribution in [2.45, 2.75) is 143 Å². The number of aryl methyl sites for hydroxylation is 2. The molecule has 0 saturated heterocycles. The summed E-state index contributed by atoms with van der Waals surface area (Å²) in [5.41, 5.74) is 5.23. The van der Waals surface area contributed by atoms with Gasteiger partial charge >= 0.3 is 17.3 Å². The SMILES string of the molecule is CCOC(C)=O.CCOc1cc2c(cc1O)CC[C@@H]1[C@@H]2CC[C@]2(C)C(OS(=O)OC3CC[C@H]4[C@@H]5CCc6cc(O)c(OCC)cc6[C@H]5CC[C@]34C)CC[C@@H]12. The van der Waals surface area contributed by atoms with Crippen molar-refractivity contribution in [3.8, 4) is 23.0 Å². The lowest BCUT2D eigenvalue weighted by molar-refractivity contribution is -0.140. The summed E-state index contributed by atoms with van der Waals surface area (Å²) in [5, 5.41) is 21.0. The number of carbonyl (C=O) groups excluding carboxylic acids is 1. The summed E-state index contributed by atoms with van der Waals surface area (Å²) in [5.74, 6) is 4.63. The number of aromatic hydroxyl groups is 2. The molecule has 54 heavy (non-hydrogen) atoms. The number of fused-ring (bicyclic) bond motifs is 10. The first kappa shape index (κ1) is 39.4. The van der Waals surface area contributed by atoms with E-state index in [0.717, 1.165) is 77.0 Å². The van der Waals surface area contributed by atoms with Crippen LogP contribution in [-0.4, -0.2) is 52.4 Å². The van der Waals surface area contributed by atoms with Gasteiger partial charge in [-0.2, -0.15) is 4.21 Å². The van der Waals surface area contributed by atoms with Crippen molar-refractivity contribution in [3.63, 3.8) is 0 Å². The van der Waals surface area contributed by atoms with E-state index in [1.165, 1.54) is 29.2 Å². The van der Waals surface area contributed by atoms with Gasteiger partial charge in [0, 0.05) is 6.92 Å². The standard InChI is InChI=1S/C40H54O7S.C4H8O2/c1-5-44-35-21-29-23(19-33(35)41)7-9-27-25(29)15-17-39(3)31(27)11-13-37(39)46-48(43)47-38-14-12-32-28-10-8-24-20-34(42)36(45-6-2)22-30(24)26(28)16-18-40(32,38)4;1-3-6-4(2)5/h19-22,25-28,31-32,37-38,41-42H,5-18H2,1-4H3;3H2,1-2H3/t25-,26-,27+,28+,31-,32-,37?,38?,39-,40-,48?;/m0./s1. The van der Waals surface area contributed by atoms with Crippen LogP contribution in [0.4, 0.5) is 0 Å². The molecule has 10 atom stereocenters. The van der Waals surface area contributed by atoms with Gasteiger partial charge in [0.05, 0.1) is 32.0 Å². The molecule has 9 nitrogen and oxygen atoms in total. The minimum Gasteiger partial charge on any atom is -0.504 e. The molecule has 8 rings (SSSR count). The normalized spacial score (nSPS) is 35.1. The number of hydrogen-bond acceptors (Lipinski definition) is 9. The Morgan fingerprint density at radius 3 is 1.50 bits per heavy atom. The van der Waals surface area contributed by atoms with Crippen LogP contribution in [0, 0.1) is 34.5 Å². The predicted octanol–water partition coefficient (Wildman–Crippen LogP) is 9.23. The van der Waals surface area contributed by atoms with E-state index < -0.39 is 11.4 Å². The second-order valence-electron chi connectivity index (χ2n) is 17.3. The first-order valence-corrected chi connectivity index (χ1v) is 21.8. The molecule has 2 aromatic rings. The number of hydrogen-bond donors (Lipinski definition) is 2. The van der Waals surface area contributed by atoms with Crippen molar-refractivity contribution in [3.05, 3.63) is 46.5 Å². The second kappa shape index (κ2) is 16.0. The fourth-order valence-electron chi connectivity index (χ4n) is 12.4. The molecule has 2 N–H and O–H groups in total. The molecule has 0 heterocycles. The number of esters is 1. The summed E-state index contributed by atoms with van der Waals surface area (Å²) in [6.45, 7) is 13.4.